The minimum atomic E-state index is 0.458. The minimum absolute atomic E-state index is 0.458. The van der Waals surface area contributed by atoms with E-state index in [1.807, 2.05) is 16.8 Å². The summed E-state index contributed by atoms with van der Waals surface area (Å²) in [5, 5.41) is 6.68. The summed E-state index contributed by atoms with van der Waals surface area (Å²) in [5.41, 5.74) is 1.35. The molecule has 18 heavy (non-hydrogen) atoms. The van der Waals surface area contributed by atoms with Crippen molar-refractivity contribution in [3.05, 3.63) is 18.6 Å². The highest BCUT2D eigenvalue weighted by Gasteiger charge is 2.37. The van der Waals surface area contributed by atoms with Gasteiger partial charge in [-0.3, -0.25) is 0 Å². The van der Waals surface area contributed by atoms with Crippen molar-refractivity contribution in [3.63, 3.8) is 0 Å². The van der Waals surface area contributed by atoms with Crippen molar-refractivity contribution < 1.29 is 0 Å². The molecular weight excluding hydrogens is 226 g/mol. The lowest BCUT2D eigenvalue weighted by atomic mass is 10.1. The fourth-order valence-corrected chi connectivity index (χ4v) is 2.00. The van der Waals surface area contributed by atoms with Gasteiger partial charge in [0.2, 0.25) is 0 Å². The molecule has 2 N–H and O–H groups in total. The Bertz CT molecular complexity index is 556. The van der Waals surface area contributed by atoms with Crippen molar-refractivity contribution in [3.8, 4) is 0 Å². The zero-order chi connectivity index (χ0) is 12.6. The lowest BCUT2D eigenvalue weighted by molar-refractivity contribution is 0.609. The molecule has 1 aliphatic rings. The number of imidazole rings is 1. The fraction of sp³-hybridized carbons (Fsp3) is 0.538. The maximum atomic E-state index is 4.59. The van der Waals surface area contributed by atoms with E-state index in [4.69, 9.17) is 0 Å². The van der Waals surface area contributed by atoms with Crippen LogP contribution in [0.2, 0.25) is 0 Å². The molecule has 5 nitrogen and oxygen atoms in total. The third-order valence-corrected chi connectivity index (χ3v) is 3.52. The van der Waals surface area contributed by atoms with Gasteiger partial charge in [0.05, 0.1) is 6.20 Å². The summed E-state index contributed by atoms with van der Waals surface area (Å²) in [7, 11) is 0. The first kappa shape index (κ1) is 11.3. The molecule has 0 radical (unpaired) electrons. The Hall–Kier alpha value is -1.78. The van der Waals surface area contributed by atoms with E-state index in [0.717, 1.165) is 30.4 Å². The van der Waals surface area contributed by atoms with E-state index in [1.54, 1.807) is 6.20 Å². The van der Waals surface area contributed by atoms with E-state index in [1.165, 1.54) is 12.8 Å². The number of nitrogens with one attached hydrogen (secondary N) is 2. The van der Waals surface area contributed by atoms with Gasteiger partial charge < -0.3 is 15.0 Å². The van der Waals surface area contributed by atoms with Crippen LogP contribution in [0.15, 0.2) is 18.6 Å². The summed E-state index contributed by atoms with van der Waals surface area (Å²) in [6.07, 6.45) is 8.32. The molecule has 1 aliphatic carbocycles. The van der Waals surface area contributed by atoms with Crippen molar-refractivity contribution in [1.29, 1.82) is 0 Å². The predicted molar refractivity (Wildman–Crippen MR) is 73.0 cm³/mol. The molecule has 1 saturated carbocycles. The largest absolute Gasteiger partial charge is 0.369 e. The van der Waals surface area contributed by atoms with Crippen LogP contribution in [-0.4, -0.2) is 27.5 Å². The lowest BCUT2D eigenvalue weighted by Crippen LogP contribution is -2.14. The number of aromatic nitrogens is 3. The third-order valence-electron chi connectivity index (χ3n) is 3.52. The molecule has 2 aromatic heterocycles. The number of fused-ring (bicyclic) bond motifs is 1. The molecule has 5 heteroatoms. The van der Waals surface area contributed by atoms with Gasteiger partial charge in [-0.15, -0.1) is 0 Å². The molecule has 0 unspecified atom stereocenters. The van der Waals surface area contributed by atoms with Gasteiger partial charge in [-0.1, -0.05) is 6.92 Å². The Kier molecular flexibility index (Phi) is 2.61. The number of nitrogens with zero attached hydrogens (tertiary/aromatic N) is 3. The molecular formula is C13H19N5. The Balaban J connectivity index is 1.89. The second-order valence-corrected chi connectivity index (χ2v) is 5.33. The normalized spacial score (nSPS) is 16.8. The van der Waals surface area contributed by atoms with Crippen LogP contribution in [-0.2, 0) is 0 Å². The highest BCUT2D eigenvalue weighted by Crippen LogP contribution is 2.44. The molecule has 96 valence electrons. The molecule has 0 atom stereocenters. The monoisotopic (exact) mass is 245 g/mol. The van der Waals surface area contributed by atoms with Crippen molar-refractivity contribution in [1.82, 2.24) is 14.4 Å². The van der Waals surface area contributed by atoms with Gasteiger partial charge in [-0.25, -0.2) is 9.97 Å². The lowest BCUT2D eigenvalue weighted by Gasteiger charge is -2.13. The molecule has 2 heterocycles. The quantitative estimate of drug-likeness (QED) is 0.849. The molecule has 0 saturated heterocycles. The van der Waals surface area contributed by atoms with Crippen LogP contribution in [0.25, 0.3) is 5.65 Å². The van der Waals surface area contributed by atoms with Gasteiger partial charge in [0, 0.05) is 25.5 Å². The summed E-state index contributed by atoms with van der Waals surface area (Å²) in [5.74, 6) is 1.75. The van der Waals surface area contributed by atoms with E-state index in [-0.39, 0.29) is 0 Å². The van der Waals surface area contributed by atoms with Gasteiger partial charge in [-0.05, 0) is 25.2 Å². The van der Waals surface area contributed by atoms with Crippen LogP contribution in [0.5, 0.6) is 0 Å². The van der Waals surface area contributed by atoms with Crippen molar-refractivity contribution in [2.24, 2.45) is 5.41 Å². The molecule has 0 bridgehead atoms. The molecule has 0 amide bonds. The van der Waals surface area contributed by atoms with Crippen LogP contribution in [0.3, 0.4) is 0 Å². The molecule has 2 aromatic rings. The number of rotatable bonds is 5. The summed E-state index contributed by atoms with van der Waals surface area (Å²) < 4.78 is 2.00. The number of hydrogen-bond donors (Lipinski definition) is 2. The standard InChI is InChI=1S/C13H19N5/c1-3-14-10-8-18-7-6-15-12(18)11(17-10)16-9-13(2)4-5-13/h6-8,14H,3-5,9H2,1-2H3,(H,16,17). The van der Waals surface area contributed by atoms with E-state index in [9.17, 15) is 0 Å². The molecule has 1 fully saturated rings. The van der Waals surface area contributed by atoms with Crippen LogP contribution < -0.4 is 10.6 Å². The van der Waals surface area contributed by atoms with Gasteiger partial charge in [0.1, 0.15) is 5.82 Å². The smallest absolute Gasteiger partial charge is 0.180 e. The molecule has 3 rings (SSSR count). The zero-order valence-corrected chi connectivity index (χ0v) is 10.9. The Morgan fingerprint density at radius 2 is 2.22 bits per heavy atom. The summed E-state index contributed by atoms with van der Waals surface area (Å²) >= 11 is 0. The van der Waals surface area contributed by atoms with E-state index >= 15 is 0 Å². The summed E-state index contributed by atoms with van der Waals surface area (Å²) in [6, 6.07) is 0. The molecule has 0 aliphatic heterocycles. The maximum Gasteiger partial charge on any atom is 0.180 e. The average molecular weight is 245 g/mol. The summed E-state index contributed by atoms with van der Waals surface area (Å²) in [4.78, 5) is 8.94. The van der Waals surface area contributed by atoms with Gasteiger partial charge >= 0.3 is 0 Å². The van der Waals surface area contributed by atoms with Crippen LogP contribution in [0.1, 0.15) is 26.7 Å². The van der Waals surface area contributed by atoms with Crippen molar-refractivity contribution in [2.45, 2.75) is 26.7 Å². The summed E-state index contributed by atoms with van der Waals surface area (Å²) in [6.45, 7) is 6.21. The van der Waals surface area contributed by atoms with Crippen LogP contribution in [0, 0.1) is 5.41 Å². The average Bonchev–Trinajstić information content (AvgIpc) is 2.90. The van der Waals surface area contributed by atoms with E-state index in [2.05, 4.69) is 34.4 Å². The second kappa shape index (κ2) is 4.15. The highest BCUT2D eigenvalue weighted by atomic mass is 15.1. The molecule has 0 spiro atoms. The SMILES string of the molecule is CCNc1cn2ccnc2c(NCC2(C)CC2)n1. The number of hydrogen-bond acceptors (Lipinski definition) is 4. The van der Waals surface area contributed by atoms with E-state index in [0.29, 0.717) is 5.41 Å². The van der Waals surface area contributed by atoms with E-state index < -0.39 is 0 Å². The van der Waals surface area contributed by atoms with Gasteiger partial charge in [0.15, 0.2) is 11.5 Å². The highest BCUT2D eigenvalue weighted by molar-refractivity contribution is 5.65. The van der Waals surface area contributed by atoms with Crippen molar-refractivity contribution >= 4 is 17.3 Å². The van der Waals surface area contributed by atoms with Crippen molar-refractivity contribution in [2.75, 3.05) is 23.7 Å². The zero-order valence-electron chi connectivity index (χ0n) is 10.9. The fourth-order valence-electron chi connectivity index (χ4n) is 2.00. The first-order valence-electron chi connectivity index (χ1n) is 6.52. The first-order chi connectivity index (χ1) is 8.70. The number of anilines is 2. The Labute approximate surface area is 107 Å². The Morgan fingerprint density at radius 1 is 1.39 bits per heavy atom. The molecule has 0 aromatic carbocycles. The van der Waals surface area contributed by atoms with Crippen LogP contribution >= 0.6 is 0 Å². The van der Waals surface area contributed by atoms with Crippen LogP contribution in [0.4, 0.5) is 11.6 Å². The topological polar surface area (TPSA) is 54.2 Å². The second-order valence-electron chi connectivity index (χ2n) is 5.33. The third kappa shape index (κ3) is 2.12. The maximum absolute atomic E-state index is 4.59. The predicted octanol–water partition coefficient (Wildman–Crippen LogP) is 2.37. The first-order valence-corrected chi connectivity index (χ1v) is 6.52. The minimum Gasteiger partial charge on any atom is -0.369 e. The Morgan fingerprint density at radius 3 is 2.94 bits per heavy atom. The van der Waals surface area contributed by atoms with Gasteiger partial charge in [0.25, 0.3) is 0 Å². The van der Waals surface area contributed by atoms with Gasteiger partial charge in [-0.2, -0.15) is 0 Å².